The SMILES string of the molecule is CNC1CCOCC1CN1CCCCCC1C. The Kier molecular flexibility index (Phi) is 5.26. The Morgan fingerprint density at radius 3 is 2.94 bits per heavy atom. The van der Waals surface area contributed by atoms with Crippen molar-refractivity contribution >= 4 is 0 Å². The monoisotopic (exact) mass is 240 g/mol. The van der Waals surface area contributed by atoms with Gasteiger partial charge in [0.15, 0.2) is 0 Å². The first-order chi connectivity index (χ1) is 8.31. The summed E-state index contributed by atoms with van der Waals surface area (Å²) < 4.78 is 5.66. The van der Waals surface area contributed by atoms with Gasteiger partial charge in [0, 0.05) is 31.2 Å². The molecule has 0 aliphatic carbocycles. The maximum absolute atomic E-state index is 5.66. The van der Waals surface area contributed by atoms with Crippen LogP contribution in [0.1, 0.15) is 39.0 Å². The van der Waals surface area contributed by atoms with Crippen molar-refractivity contribution in [3.8, 4) is 0 Å². The van der Waals surface area contributed by atoms with Crippen LogP contribution in [0.3, 0.4) is 0 Å². The second-order valence-electron chi connectivity index (χ2n) is 5.71. The summed E-state index contributed by atoms with van der Waals surface area (Å²) in [5.41, 5.74) is 0. The lowest BCUT2D eigenvalue weighted by Crippen LogP contribution is -2.48. The smallest absolute Gasteiger partial charge is 0.0521 e. The van der Waals surface area contributed by atoms with Crippen LogP contribution in [0.15, 0.2) is 0 Å². The van der Waals surface area contributed by atoms with E-state index in [-0.39, 0.29) is 0 Å². The number of nitrogens with one attached hydrogen (secondary N) is 1. The van der Waals surface area contributed by atoms with E-state index in [0.717, 1.165) is 19.3 Å². The third-order valence-electron chi connectivity index (χ3n) is 4.50. The van der Waals surface area contributed by atoms with E-state index in [9.17, 15) is 0 Å². The van der Waals surface area contributed by atoms with Crippen LogP contribution in [0.2, 0.25) is 0 Å². The minimum absolute atomic E-state index is 0.652. The third-order valence-corrected chi connectivity index (χ3v) is 4.50. The second kappa shape index (κ2) is 6.72. The van der Waals surface area contributed by atoms with Crippen LogP contribution in [0.25, 0.3) is 0 Å². The van der Waals surface area contributed by atoms with Gasteiger partial charge in [0.05, 0.1) is 6.61 Å². The Morgan fingerprint density at radius 1 is 1.24 bits per heavy atom. The Hall–Kier alpha value is -0.120. The van der Waals surface area contributed by atoms with Crippen LogP contribution in [-0.4, -0.2) is 50.3 Å². The molecule has 0 bridgehead atoms. The zero-order valence-corrected chi connectivity index (χ0v) is 11.5. The van der Waals surface area contributed by atoms with Gasteiger partial charge < -0.3 is 15.0 Å². The molecular formula is C14H28N2O. The van der Waals surface area contributed by atoms with E-state index in [1.165, 1.54) is 45.2 Å². The van der Waals surface area contributed by atoms with Crippen molar-refractivity contribution in [3.63, 3.8) is 0 Å². The third kappa shape index (κ3) is 3.67. The quantitative estimate of drug-likeness (QED) is 0.815. The van der Waals surface area contributed by atoms with Gasteiger partial charge in [-0.2, -0.15) is 0 Å². The van der Waals surface area contributed by atoms with Gasteiger partial charge in [0.2, 0.25) is 0 Å². The molecule has 0 aromatic heterocycles. The summed E-state index contributed by atoms with van der Waals surface area (Å²) >= 11 is 0. The maximum atomic E-state index is 5.66. The molecule has 3 nitrogen and oxygen atoms in total. The molecule has 3 unspecified atom stereocenters. The summed E-state index contributed by atoms with van der Waals surface area (Å²) in [4.78, 5) is 2.69. The Balaban J connectivity index is 1.88. The summed E-state index contributed by atoms with van der Waals surface area (Å²) in [6.45, 7) is 6.76. The van der Waals surface area contributed by atoms with E-state index in [0.29, 0.717) is 12.0 Å². The van der Waals surface area contributed by atoms with Gasteiger partial charge in [-0.15, -0.1) is 0 Å². The first kappa shape index (κ1) is 13.3. The van der Waals surface area contributed by atoms with E-state index in [1.54, 1.807) is 0 Å². The molecule has 0 spiro atoms. The lowest BCUT2D eigenvalue weighted by Gasteiger charge is -2.37. The van der Waals surface area contributed by atoms with Gasteiger partial charge in [-0.3, -0.25) is 0 Å². The summed E-state index contributed by atoms with van der Waals surface area (Å²) in [6.07, 6.45) is 6.75. The number of hydrogen-bond acceptors (Lipinski definition) is 3. The molecule has 3 heteroatoms. The van der Waals surface area contributed by atoms with E-state index < -0.39 is 0 Å². The van der Waals surface area contributed by atoms with E-state index >= 15 is 0 Å². The van der Waals surface area contributed by atoms with Crippen molar-refractivity contribution < 1.29 is 4.74 Å². The van der Waals surface area contributed by atoms with Crippen molar-refractivity contribution in [1.29, 1.82) is 0 Å². The molecule has 100 valence electrons. The molecule has 1 N–H and O–H groups in total. The standard InChI is InChI=1S/C14H28N2O/c1-12-6-4-3-5-8-16(12)10-13-11-17-9-7-14(13)15-2/h12-15H,3-11H2,1-2H3. The second-order valence-corrected chi connectivity index (χ2v) is 5.71. The molecule has 0 aromatic carbocycles. The maximum Gasteiger partial charge on any atom is 0.0521 e. The molecule has 3 atom stereocenters. The summed E-state index contributed by atoms with van der Waals surface area (Å²) in [5.74, 6) is 0.675. The number of likely N-dealkylation sites (tertiary alicyclic amines) is 1. The van der Waals surface area contributed by atoms with Gasteiger partial charge in [-0.1, -0.05) is 12.8 Å². The number of ether oxygens (including phenoxy) is 1. The van der Waals surface area contributed by atoms with Crippen molar-refractivity contribution in [2.24, 2.45) is 5.92 Å². The van der Waals surface area contributed by atoms with E-state index in [4.69, 9.17) is 4.74 Å². The average Bonchev–Trinajstić information content (AvgIpc) is 2.56. The van der Waals surface area contributed by atoms with Crippen LogP contribution >= 0.6 is 0 Å². The normalized spacial score (nSPS) is 36.7. The van der Waals surface area contributed by atoms with Crippen molar-refractivity contribution in [1.82, 2.24) is 10.2 Å². The van der Waals surface area contributed by atoms with Crippen LogP contribution in [0, 0.1) is 5.92 Å². The van der Waals surface area contributed by atoms with Crippen molar-refractivity contribution in [2.75, 3.05) is 33.4 Å². The molecule has 2 saturated heterocycles. The van der Waals surface area contributed by atoms with Gasteiger partial charge in [0.1, 0.15) is 0 Å². The van der Waals surface area contributed by atoms with Crippen LogP contribution in [-0.2, 0) is 4.74 Å². The van der Waals surface area contributed by atoms with Crippen molar-refractivity contribution in [2.45, 2.75) is 51.1 Å². The summed E-state index contributed by atoms with van der Waals surface area (Å²) in [6, 6.07) is 1.41. The van der Waals surface area contributed by atoms with Crippen LogP contribution in [0.4, 0.5) is 0 Å². The Morgan fingerprint density at radius 2 is 2.12 bits per heavy atom. The molecule has 2 heterocycles. The topological polar surface area (TPSA) is 24.5 Å². The summed E-state index contributed by atoms with van der Waals surface area (Å²) in [7, 11) is 2.09. The fourth-order valence-electron chi connectivity index (χ4n) is 3.26. The van der Waals surface area contributed by atoms with Gasteiger partial charge in [-0.25, -0.2) is 0 Å². The lowest BCUT2D eigenvalue weighted by atomic mass is 9.94. The Labute approximate surface area is 106 Å². The Bertz CT molecular complexity index is 222. The van der Waals surface area contributed by atoms with E-state index in [2.05, 4.69) is 24.2 Å². The molecule has 0 aromatic rings. The highest BCUT2D eigenvalue weighted by atomic mass is 16.5. The minimum atomic E-state index is 0.652. The van der Waals surface area contributed by atoms with Crippen LogP contribution < -0.4 is 5.32 Å². The van der Waals surface area contributed by atoms with Crippen molar-refractivity contribution in [3.05, 3.63) is 0 Å². The van der Waals surface area contributed by atoms with Gasteiger partial charge in [0.25, 0.3) is 0 Å². The molecular weight excluding hydrogens is 212 g/mol. The van der Waals surface area contributed by atoms with E-state index in [1.807, 2.05) is 0 Å². The predicted molar refractivity (Wildman–Crippen MR) is 71.3 cm³/mol. The molecule has 2 rings (SSSR count). The fourth-order valence-corrected chi connectivity index (χ4v) is 3.26. The molecule has 0 saturated carbocycles. The predicted octanol–water partition coefficient (Wildman–Crippen LogP) is 1.88. The number of hydrogen-bond donors (Lipinski definition) is 1. The van der Waals surface area contributed by atoms with Crippen LogP contribution in [0.5, 0.6) is 0 Å². The molecule has 2 fully saturated rings. The number of nitrogens with zero attached hydrogens (tertiary/aromatic N) is 1. The molecule has 0 amide bonds. The average molecular weight is 240 g/mol. The fraction of sp³-hybridized carbons (Fsp3) is 1.00. The zero-order valence-electron chi connectivity index (χ0n) is 11.5. The van der Waals surface area contributed by atoms with Gasteiger partial charge in [-0.05, 0) is 39.8 Å². The molecule has 2 aliphatic rings. The molecule has 2 aliphatic heterocycles. The van der Waals surface area contributed by atoms with Gasteiger partial charge >= 0.3 is 0 Å². The number of rotatable bonds is 3. The molecule has 17 heavy (non-hydrogen) atoms. The first-order valence-corrected chi connectivity index (χ1v) is 7.30. The highest BCUT2D eigenvalue weighted by molar-refractivity contribution is 4.83. The first-order valence-electron chi connectivity index (χ1n) is 7.30. The highest BCUT2D eigenvalue weighted by Crippen LogP contribution is 2.21. The highest BCUT2D eigenvalue weighted by Gasteiger charge is 2.28. The minimum Gasteiger partial charge on any atom is -0.381 e. The zero-order chi connectivity index (χ0) is 12.1. The lowest BCUT2D eigenvalue weighted by molar-refractivity contribution is 0.0133. The largest absolute Gasteiger partial charge is 0.381 e. The summed E-state index contributed by atoms with van der Waals surface area (Å²) in [5, 5.41) is 3.47. The molecule has 0 radical (unpaired) electrons.